The molecule has 2 nitrogen and oxygen atoms in total. The highest BCUT2D eigenvalue weighted by atomic mass is 32.2. The summed E-state index contributed by atoms with van der Waals surface area (Å²) < 4.78 is 0. The first-order valence-corrected chi connectivity index (χ1v) is 6.46. The highest BCUT2D eigenvalue weighted by Crippen LogP contribution is 2.21. The van der Waals surface area contributed by atoms with E-state index in [1.54, 1.807) is 11.8 Å². The fraction of sp³-hybridized carbons (Fsp3) is 0.500. The van der Waals surface area contributed by atoms with Crippen LogP contribution in [0.15, 0.2) is 29.2 Å². The first-order valence-electron chi connectivity index (χ1n) is 5.24. The molecule has 0 amide bonds. The normalized spacial score (nSPS) is 12.7. The molecule has 1 aromatic carbocycles. The van der Waals surface area contributed by atoms with Crippen LogP contribution in [-0.2, 0) is 0 Å². The molecule has 0 fully saturated rings. The third-order valence-electron chi connectivity index (χ3n) is 2.52. The van der Waals surface area contributed by atoms with Crippen LogP contribution in [0.4, 0.5) is 0 Å². The van der Waals surface area contributed by atoms with E-state index in [1.807, 2.05) is 7.05 Å². The summed E-state index contributed by atoms with van der Waals surface area (Å²) in [5.41, 5.74) is 1.30. The molecule has 0 aliphatic carbocycles. The highest BCUT2D eigenvalue weighted by Gasteiger charge is 2.07. The topological polar surface area (TPSA) is 32.3 Å². The molecule has 84 valence electrons. The third-order valence-corrected chi connectivity index (χ3v) is 3.26. The van der Waals surface area contributed by atoms with Crippen molar-refractivity contribution in [3.63, 3.8) is 0 Å². The second-order valence-corrected chi connectivity index (χ2v) is 4.36. The van der Waals surface area contributed by atoms with E-state index in [9.17, 15) is 0 Å². The van der Waals surface area contributed by atoms with Crippen LogP contribution < -0.4 is 5.32 Å². The van der Waals surface area contributed by atoms with E-state index in [1.165, 1.54) is 10.5 Å². The summed E-state index contributed by atoms with van der Waals surface area (Å²) in [6, 6.07) is 8.95. The second-order valence-electron chi connectivity index (χ2n) is 3.48. The maximum atomic E-state index is 8.81. The third kappa shape index (κ3) is 3.86. The Morgan fingerprint density at radius 1 is 1.33 bits per heavy atom. The van der Waals surface area contributed by atoms with Crippen molar-refractivity contribution in [3.05, 3.63) is 29.8 Å². The summed E-state index contributed by atoms with van der Waals surface area (Å²) in [6.07, 6.45) is 3.90. The van der Waals surface area contributed by atoms with Crippen molar-refractivity contribution in [1.29, 1.82) is 0 Å². The zero-order valence-electron chi connectivity index (χ0n) is 9.36. The minimum Gasteiger partial charge on any atom is -0.396 e. The van der Waals surface area contributed by atoms with Crippen LogP contribution in [0.2, 0.25) is 0 Å². The number of hydrogen-bond acceptors (Lipinski definition) is 3. The van der Waals surface area contributed by atoms with E-state index in [4.69, 9.17) is 5.11 Å². The number of nitrogens with one attached hydrogen (secondary N) is 1. The summed E-state index contributed by atoms with van der Waals surface area (Å²) >= 11 is 1.75. The SMILES string of the molecule is CNC(CCCO)c1ccc(SC)cc1. The van der Waals surface area contributed by atoms with E-state index in [0.717, 1.165) is 12.8 Å². The zero-order valence-corrected chi connectivity index (χ0v) is 10.2. The van der Waals surface area contributed by atoms with Crippen molar-refractivity contribution in [1.82, 2.24) is 5.32 Å². The van der Waals surface area contributed by atoms with Gasteiger partial charge in [0.05, 0.1) is 0 Å². The molecule has 0 aliphatic rings. The standard InChI is InChI=1S/C12H19NOS/c1-13-12(4-3-9-14)10-5-7-11(15-2)8-6-10/h5-8,12-14H,3-4,9H2,1-2H3. The predicted molar refractivity (Wildman–Crippen MR) is 66.3 cm³/mol. The Balaban J connectivity index is 2.65. The van der Waals surface area contributed by atoms with Crippen LogP contribution in [0.1, 0.15) is 24.4 Å². The molecule has 0 heterocycles. The average molecular weight is 225 g/mol. The summed E-state index contributed by atoms with van der Waals surface area (Å²) in [7, 11) is 1.96. The number of rotatable bonds is 6. The van der Waals surface area contributed by atoms with E-state index in [-0.39, 0.29) is 6.61 Å². The predicted octanol–water partition coefficient (Wildman–Crippen LogP) is 2.44. The van der Waals surface area contributed by atoms with Crippen molar-refractivity contribution >= 4 is 11.8 Å². The van der Waals surface area contributed by atoms with Gasteiger partial charge < -0.3 is 10.4 Å². The molecular formula is C12H19NOS. The van der Waals surface area contributed by atoms with Crippen LogP contribution in [0.25, 0.3) is 0 Å². The summed E-state index contributed by atoms with van der Waals surface area (Å²) in [6.45, 7) is 0.265. The number of benzene rings is 1. The molecule has 0 radical (unpaired) electrons. The molecule has 0 spiro atoms. The van der Waals surface area contributed by atoms with Gasteiger partial charge in [0.1, 0.15) is 0 Å². The largest absolute Gasteiger partial charge is 0.396 e. The molecule has 1 unspecified atom stereocenters. The maximum absolute atomic E-state index is 8.81. The number of aliphatic hydroxyl groups is 1. The summed E-state index contributed by atoms with van der Waals surface area (Å²) in [5.74, 6) is 0. The van der Waals surface area contributed by atoms with Gasteiger partial charge in [-0.3, -0.25) is 0 Å². The smallest absolute Gasteiger partial charge is 0.0431 e. The molecule has 1 rings (SSSR count). The van der Waals surface area contributed by atoms with Crippen molar-refractivity contribution in [2.24, 2.45) is 0 Å². The van der Waals surface area contributed by atoms with Crippen LogP contribution in [0.5, 0.6) is 0 Å². The van der Waals surface area contributed by atoms with E-state index >= 15 is 0 Å². The summed E-state index contributed by atoms with van der Waals surface area (Å²) in [4.78, 5) is 1.29. The minimum absolute atomic E-state index is 0.265. The molecule has 0 aliphatic heterocycles. The molecule has 3 heteroatoms. The average Bonchev–Trinajstić information content (AvgIpc) is 2.31. The Hall–Kier alpha value is -0.510. The first-order chi connectivity index (χ1) is 7.31. The fourth-order valence-corrected chi connectivity index (χ4v) is 2.02. The number of hydrogen-bond donors (Lipinski definition) is 2. The lowest BCUT2D eigenvalue weighted by Crippen LogP contribution is -2.16. The van der Waals surface area contributed by atoms with Crippen molar-refractivity contribution in [3.8, 4) is 0 Å². The first kappa shape index (κ1) is 12.6. The monoisotopic (exact) mass is 225 g/mol. The molecule has 1 aromatic rings. The Morgan fingerprint density at radius 2 is 2.00 bits per heavy atom. The Kier molecular flexibility index (Phi) is 5.76. The summed E-state index contributed by atoms with van der Waals surface area (Å²) in [5, 5.41) is 12.1. The second kappa shape index (κ2) is 6.88. The Morgan fingerprint density at radius 3 is 2.47 bits per heavy atom. The van der Waals surface area contributed by atoms with Gasteiger partial charge in [-0.25, -0.2) is 0 Å². The van der Waals surface area contributed by atoms with Crippen molar-refractivity contribution < 1.29 is 5.11 Å². The fourth-order valence-electron chi connectivity index (χ4n) is 1.61. The lowest BCUT2D eigenvalue weighted by atomic mass is 10.0. The van der Waals surface area contributed by atoms with Gasteiger partial charge in [0.25, 0.3) is 0 Å². The van der Waals surface area contributed by atoms with E-state index in [0.29, 0.717) is 6.04 Å². The lowest BCUT2D eigenvalue weighted by Gasteiger charge is -2.16. The Labute approximate surface area is 96.1 Å². The molecule has 0 saturated heterocycles. The molecule has 15 heavy (non-hydrogen) atoms. The highest BCUT2D eigenvalue weighted by molar-refractivity contribution is 7.98. The van der Waals surface area contributed by atoms with Gasteiger partial charge >= 0.3 is 0 Å². The molecule has 0 saturated carbocycles. The lowest BCUT2D eigenvalue weighted by molar-refractivity contribution is 0.276. The molecule has 1 atom stereocenters. The van der Waals surface area contributed by atoms with Gasteiger partial charge in [-0.2, -0.15) is 0 Å². The van der Waals surface area contributed by atoms with Gasteiger partial charge in [-0.15, -0.1) is 11.8 Å². The van der Waals surface area contributed by atoms with Crippen LogP contribution in [0.3, 0.4) is 0 Å². The Bertz CT molecular complexity index is 273. The van der Waals surface area contributed by atoms with Gasteiger partial charge in [0.15, 0.2) is 0 Å². The van der Waals surface area contributed by atoms with Crippen molar-refractivity contribution in [2.45, 2.75) is 23.8 Å². The van der Waals surface area contributed by atoms with Gasteiger partial charge in [-0.05, 0) is 43.8 Å². The van der Waals surface area contributed by atoms with E-state index in [2.05, 4.69) is 35.8 Å². The van der Waals surface area contributed by atoms with Crippen LogP contribution in [0, 0.1) is 0 Å². The minimum atomic E-state index is 0.265. The zero-order chi connectivity index (χ0) is 11.1. The van der Waals surface area contributed by atoms with Crippen LogP contribution >= 0.6 is 11.8 Å². The quantitative estimate of drug-likeness (QED) is 0.729. The van der Waals surface area contributed by atoms with Gasteiger partial charge in [-0.1, -0.05) is 12.1 Å². The molecule has 2 N–H and O–H groups in total. The number of aliphatic hydroxyl groups excluding tert-OH is 1. The van der Waals surface area contributed by atoms with Crippen LogP contribution in [-0.4, -0.2) is 25.0 Å². The van der Waals surface area contributed by atoms with E-state index < -0.39 is 0 Å². The molecule has 0 bridgehead atoms. The number of thioether (sulfide) groups is 1. The van der Waals surface area contributed by atoms with Gasteiger partial charge in [0, 0.05) is 17.5 Å². The molecule has 0 aromatic heterocycles. The van der Waals surface area contributed by atoms with Gasteiger partial charge in [0.2, 0.25) is 0 Å². The molecular weight excluding hydrogens is 206 g/mol. The maximum Gasteiger partial charge on any atom is 0.0431 e. The van der Waals surface area contributed by atoms with Crippen molar-refractivity contribution in [2.75, 3.05) is 19.9 Å².